The maximum atomic E-state index is 13.1. The first-order chi connectivity index (χ1) is 19.0. The van der Waals surface area contributed by atoms with Crippen molar-refractivity contribution in [1.82, 2.24) is 4.90 Å². The molecule has 1 rings (SSSR count). The van der Waals surface area contributed by atoms with Gasteiger partial charge >= 0.3 is 28.5 Å². The maximum Gasteiger partial charge on any atom is 0.371 e. The van der Waals surface area contributed by atoms with E-state index in [0.717, 1.165) is 32.5 Å². The maximum absolute atomic E-state index is 13.1. The van der Waals surface area contributed by atoms with Crippen LogP contribution in [0.15, 0.2) is 0 Å². The van der Waals surface area contributed by atoms with Crippen LogP contribution in [-0.2, 0) is 42.9 Å². The summed E-state index contributed by atoms with van der Waals surface area (Å²) in [6.45, 7) is 8.09. The van der Waals surface area contributed by atoms with Crippen LogP contribution in [0.4, 0.5) is 9.59 Å². The van der Waals surface area contributed by atoms with Crippen molar-refractivity contribution >= 4 is 57.8 Å². The van der Waals surface area contributed by atoms with Crippen molar-refractivity contribution < 1.29 is 52.5 Å². The molecule has 228 valence electrons. The first-order valence-corrected chi connectivity index (χ1v) is 15.2. The minimum Gasteiger partial charge on any atom is -0.465 e. The van der Waals surface area contributed by atoms with Gasteiger partial charge in [-0.3, -0.25) is 19.2 Å². The molecule has 1 aliphatic heterocycles. The molecule has 0 aliphatic carbocycles. The molecule has 0 aromatic heterocycles. The zero-order valence-electron chi connectivity index (χ0n) is 23.7. The highest BCUT2D eigenvalue weighted by Crippen LogP contribution is 2.31. The number of piperidine rings is 1. The Morgan fingerprint density at radius 2 is 1.38 bits per heavy atom. The van der Waals surface area contributed by atoms with Crippen LogP contribution >= 0.6 is 23.5 Å². The van der Waals surface area contributed by atoms with Crippen molar-refractivity contribution in [3.63, 3.8) is 0 Å². The third-order valence-corrected chi connectivity index (χ3v) is 7.81. The molecule has 1 atom stereocenters. The molecule has 0 radical (unpaired) electrons. The summed E-state index contributed by atoms with van der Waals surface area (Å²) in [6, 6.07) is 0. The van der Waals surface area contributed by atoms with E-state index < -0.39 is 58.5 Å². The number of esters is 3. The Labute approximate surface area is 243 Å². The number of Topliss-reactive ketones (excluding diaryl/α,β-unsaturated/α-hetero) is 1. The molecule has 1 fully saturated rings. The van der Waals surface area contributed by atoms with Crippen molar-refractivity contribution in [3.05, 3.63) is 0 Å². The Hall–Kier alpha value is -2.32. The van der Waals surface area contributed by atoms with E-state index in [1.807, 2.05) is 0 Å². The number of carbonyl (C=O) groups is 6. The fourth-order valence-electron chi connectivity index (χ4n) is 3.44. The summed E-state index contributed by atoms with van der Waals surface area (Å²) in [5.74, 6) is -3.25. The SMILES string of the molecule is CCC(=O)OCOC(=O)SC[C@H](CC(=O)C(C)(C)SC(=O)OCOC(=O)CC)C(=O)OCCCN1CCCCC1. The molecule has 0 N–H and O–H groups in total. The van der Waals surface area contributed by atoms with Crippen LogP contribution in [0.2, 0.25) is 0 Å². The van der Waals surface area contributed by atoms with Crippen LogP contribution in [0.25, 0.3) is 0 Å². The van der Waals surface area contributed by atoms with Crippen molar-refractivity contribution in [1.29, 1.82) is 0 Å². The third kappa shape index (κ3) is 15.5. The monoisotopic (exact) mass is 607 g/mol. The van der Waals surface area contributed by atoms with Gasteiger partial charge in [-0.1, -0.05) is 20.3 Å². The molecule has 1 aliphatic rings. The summed E-state index contributed by atoms with van der Waals surface area (Å²) in [6.07, 6.45) is 4.12. The van der Waals surface area contributed by atoms with Gasteiger partial charge in [0.2, 0.25) is 13.6 Å². The minimum absolute atomic E-state index is 0.116. The molecular weight excluding hydrogens is 566 g/mol. The van der Waals surface area contributed by atoms with E-state index in [4.69, 9.17) is 23.7 Å². The lowest BCUT2D eigenvalue weighted by atomic mass is 9.97. The molecule has 1 saturated heterocycles. The molecule has 1 heterocycles. The summed E-state index contributed by atoms with van der Waals surface area (Å²) in [4.78, 5) is 74.9. The van der Waals surface area contributed by atoms with E-state index in [2.05, 4.69) is 4.90 Å². The number of rotatable bonds is 17. The summed E-state index contributed by atoms with van der Waals surface area (Å²) >= 11 is 1.25. The Balaban J connectivity index is 2.67. The number of hydrogen-bond donors (Lipinski definition) is 0. The normalized spacial score (nSPS) is 14.5. The van der Waals surface area contributed by atoms with Crippen LogP contribution < -0.4 is 0 Å². The van der Waals surface area contributed by atoms with Gasteiger partial charge in [-0.25, -0.2) is 9.59 Å². The molecule has 0 amide bonds. The van der Waals surface area contributed by atoms with Crippen molar-refractivity contribution in [2.24, 2.45) is 5.92 Å². The predicted octanol–water partition coefficient (Wildman–Crippen LogP) is 4.32. The second-order valence-electron chi connectivity index (χ2n) is 9.44. The highest BCUT2D eigenvalue weighted by atomic mass is 32.2. The first kappa shape index (κ1) is 35.7. The number of hydrogen-bond acceptors (Lipinski definition) is 14. The van der Waals surface area contributed by atoms with Crippen LogP contribution in [-0.4, -0.2) is 89.5 Å². The number of ketones is 1. The molecule has 0 spiro atoms. The number of likely N-dealkylation sites (tertiary alicyclic amines) is 1. The quantitative estimate of drug-likeness (QED) is 0.0998. The average molecular weight is 608 g/mol. The molecule has 0 saturated carbocycles. The zero-order valence-corrected chi connectivity index (χ0v) is 25.4. The smallest absolute Gasteiger partial charge is 0.371 e. The van der Waals surface area contributed by atoms with Gasteiger partial charge in [0, 0.05) is 31.6 Å². The molecule has 40 heavy (non-hydrogen) atoms. The zero-order chi connectivity index (χ0) is 30.0. The Bertz CT molecular complexity index is 860. The van der Waals surface area contributed by atoms with E-state index in [1.54, 1.807) is 13.8 Å². The average Bonchev–Trinajstić information content (AvgIpc) is 2.92. The lowest BCUT2D eigenvalue weighted by molar-refractivity contribution is -0.152. The van der Waals surface area contributed by atoms with Gasteiger partial charge < -0.3 is 28.6 Å². The van der Waals surface area contributed by atoms with E-state index in [1.165, 1.54) is 20.3 Å². The third-order valence-electron chi connectivity index (χ3n) is 5.86. The largest absolute Gasteiger partial charge is 0.465 e. The second kappa shape index (κ2) is 19.7. The molecular formula is C26H41NO11S2. The molecule has 0 aromatic rings. The van der Waals surface area contributed by atoms with Crippen LogP contribution in [0.3, 0.4) is 0 Å². The standard InChI is InChI=1S/C26H41NO11S2/c1-5-21(29)35-17-37-24(32)39-16-19(23(31)34-14-10-13-27-11-8-7-9-12-27)15-20(28)26(3,4)40-25(33)38-18-36-22(30)6-2/h19H,5-18H2,1-4H3/t19-/m0/s1. The summed E-state index contributed by atoms with van der Waals surface area (Å²) in [7, 11) is 0. The van der Waals surface area contributed by atoms with Gasteiger partial charge in [0.25, 0.3) is 0 Å². The van der Waals surface area contributed by atoms with Gasteiger partial charge in [0.05, 0.1) is 17.3 Å². The van der Waals surface area contributed by atoms with Crippen molar-refractivity contribution in [3.8, 4) is 0 Å². The predicted molar refractivity (Wildman–Crippen MR) is 149 cm³/mol. The van der Waals surface area contributed by atoms with Crippen molar-refractivity contribution in [2.45, 2.75) is 77.4 Å². The van der Waals surface area contributed by atoms with Crippen LogP contribution in [0, 0.1) is 5.92 Å². The van der Waals surface area contributed by atoms with Gasteiger partial charge in [0.15, 0.2) is 0 Å². The van der Waals surface area contributed by atoms with Crippen LogP contribution in [0.1, 0.15) is 72.6 Å². The summed E-state index contributed by atoms with van der Waals surface area (Å²) in [5.41, 5.74) is 0. The highest BCUT2D eigenvalue weighted by molar-refractivity contribution is 8.15. The summed E-state index contributed by atoms with van der Waals surface area (Å²) < 4.78 is 23.2. The molecule has 14 heteroatoms. The molecule has 12 nitrogen and oxygen atoms in total. The van der Waals surface area contributed by atoms with Gasteiger partial charge in [-0.05, 0) is 69.7 Å². The fourth-order valence-corrected chi connectivity index (χ4v) is 4.88. The summed E-state index contributed by atoms with van der Waals surface area (Å²) in [5, 5.41) is -1.60. The Kier molecular flexibility index (Phi) is 17.6. The van der Waals surface area contributed by atoms with Gasteiger partial charge in [0.1, 0.15) is 5.78 Å². The lowest BCUT2D eigenvalue weighted by Crippen LogP contribution is -2.35. The van der Waals surface area contributed by atoms with E-state index in [0.29, 0.717) is 29.9 Å². The van der Waals surface area contributed by atoms with E-state index >= 15 is 0 Å². The van der Waals surface area contributed by atoms with Gasteiger partial charge in [-0.2, -0.15) is 0 Å². The van der Waals surface area contributed by atoms with E-state index in [9.17, 15) is 28.8 Å². The van der Waals surface area contributed by atoms with Gasteiger partial charge in [-0.15, -0.1) is 0 Å². The lowest BCUT2D eigenvalue weighted by Gasteiger charge is -2.26. The number of nitrogens with zero attached hydrogens (tertiary/aromatic N) is 1. The molecule has 0 unspecified atom stereocenters. The first-order valence-electron chi connectivity index (χ1n) is 13.4. The molecule has 0 bridgehead atoms. The Morgan fingerprint density at radius 1 is 0.800 bits per heavy atom. The highest BCUT2D eigenvalue weighted by Gasteiger charge is 2.36. The fraction of sp³-hybridized carbons (Fsp3) is 0.769. The van der Waals surface area contributed by atoms with Crippen LogP contribution in [0.5, 0.6) is 0 Å². The number of carbonyl (C=O) groups excluding carboxylic acids is 6. The number of ether oxygens (including phenoxy) is 5. The topological polar surface area (TPSA) is 152 Å². The second-order valence-corrected chi connectivity index (χ2v) is 11.9. The molecule has 0 aromatic carbocycles. The Morgan fingerprint density at radius 3 is 1.95 bits per heavy atom. The van der Waals surface area contributed by atoms with Crippen molar-refractivity contribution in [2.75, 3.05) is 45.6 Å². The number of thioether (sulfide) groups is 2. The van der Waals surface area contributed by atoms with E-state index in [-0.39, 0.29) is 31.6 Å². The minimum atomic E-state index is -1.28.